The summed E-state index contributed by atoms with van der Waals surface area (Å²) in [5.74, 6) is -2.51. The molecule has 1 unspecified atom stereocenters. The molecule has 0 bridgehead atoms. The summed E-state index contributed by atoms with van der Waals surface area (Å²) < 4.78 is 0. The minimum absolute atomic E-state index is 0.0306. The second-order valence-corrected chi connectivity index (χ2v) is 7.23. The molecule has 1 fully saturated rings. The third-order valence-electron chi connectivity index (χ3n) is 5.22. The predicted molar refractivity (Wildman–Crippen MR) is 108 cm³/mol. The number of aliphatic carboxylic acids is 2. The van der Waals surface area contributed by atoms with E-state index in [-0.39, 0.29) is 18.7 Å². The van der Waals surface area contributed by atoms with Crippen molar-refractivity contribution in [3.05, 3.63) is 30.0 Å². The van der Waals surface area contributed by atoms with Crippen LogP contribution in [0.25, 0.3) is 10.9 Å². The average Bonchev–Trinajstić information content (AvgIpc) is 3.09. The summed E-state index contributed by atoms with van der Waals surface area (Å²) >= 11 is 0. The number of carboxylic acids is 2. The summed E-state index contributed by atoms with van der Waals surface area (Å²) in [6.07, 6.45) is 1.24. The monoisotopic (exact) mass is 416 g/mol. The number of amides is 2. The summed E-state index contributed by atoms with van der Waals surface area (Å²) in [4.78, 5) is 52.8. The first-order valence-corrected chi connectivity index (χ1v) is 9.61. The van der Waals surface area contributed by atoms with Gasteiger partial charge in [-0.2, -0.15) is 0 Å². The van der Waals surface area contributed by atoms with Crippen molar-refractivity contribution in [1.29, 1.82) is 0 Å². The Hall–Kier alpha value is -3.40. The van der Waals surface area contributed by atoms with E-state index < -0.39 is 23.9 Å². The van der Waals surface area contributed by atoms with Crippen molar-refractivity contribution in [2.45, 2.75) is 25.8 Å². The zero-order valence-electron chi connectivity index (χ0n) is 16.6. The lowest BCUT2D eigenvalue weighted by Gasteiger charge is -2.37. The number of nitrogens with zero attached hydrogens (tertiary/aromatic N) is 2. The van der Waals surface area contributed by atoms with Gasteiger partial charge in [0, 0.05) is 67.9 Å². The molecule has 2 heterocycles. The van der Waals surface area contributed by atoms with Gasteiger partial charge in [-0.15, -0.1) is 0 Å². The molecular formula is C20H24N4O6. The third-order valence-corrected chi connectivity index (χ3v) is 5.22. The molecule has 160 valence electrons. The predicted octanol–water partition coefficient (Wildman–Crippen LogP) is 1.26. The number of anilines is 1. The lowest BCUT2D eigenvalue weighted by atomic mass is 10.0. The Labute approximate surface area is 172 Å². The standard InChI is InChI=1S/C20H24N4O6/c1-12(25)23-6-8-24(9-7-23)19(20(29)30)15-11-21-16-3-2-13(10-14(15)16)22-17(26)4-5-18(27)28/h2-3,10-11,19,21H,4-9H2,1H3,(H,22,26)(H,27,28)(H,29,30). The van der Waals surface area contributed by atoms with Crippen LogP contribution in [-0.2, 0) is 19.2 Å². The van der Waals surface area contributed by atoms with Gasteiger partial charge in [0.2, 0.25) is 11.8 Å². The van der Waals surface area contributed by atoms with Crippen molar-refractivity contribution in [2.75, 3.05) is 31.5 Å². The molecule has 10 heteroatoms. The molecule has 1 aliphatic heterocycles. The fraction of sp³-hybridized carbons (Fsp3) is 0.400. The smallest absolute Gasteiger partial charge is 0.325 e. The second kappa shape index (κ2) is 8.95. The Bertz CT molecular complexity index is 977. The average molecular weight is 416 g/mol. The van der Waals surface area contributed by atoms with Crippen molar-refractivity contribution in [2.24, 2.45) is 0 Å². The number of hydrogen-bond acceptors (Lipinski definition) is 5. The van der Waals surface area contributed by atoms with Gasteiger partial charge in [-0.3, -0.25) is 24.1 Å². The van der Waals surface area contributed by atoms with Gasteiger partial charge in [0.25, 0.3) is 0 Å². The fourth-order valence-corrected chi connectivity index (χ4v) is 3.67. The van der Waals surface area contributed by atoms with E-state index in [0.29, 0.717) is 42.8 Å². The number of carbonyl (C=O) groups is 4. The van der Waals surface area contributed by atoms with Crippen LogP contribution in [0.2, 0.25) is 0 Å². The van der Waals surface area contributed by atoms with Gasteiger partial charge < -0.3 is 25.4 Å². The van der Waals surface area contributed by atoms with Crippen LogP contribution in [0.3, 0.4) is 0 Å². The normalized spacial score (nSPS) is 15.7. The molecule has 0 radical (unpaired) electrons. The van der Waals surface area contributed by atoms with E-state index in [1.54, 1.807) is 29.3 Å². The van der Waals surface area contributed by atoms with Crippen molar-refractivity contribution in [3.8, 4) is 0 Å². The van der Waals surface area contributed by atoms with E-state index in [0.717, 1.165) is 5.52 Å². The molecule has 1 aromatic carbocycles. The lowest BCUT2D eigenvalue weighted by Crippen LogP contribution is -2.50. The van der Waals surface area contributed by atoms with E-state index in [9.17, 15) is 24.3 Å². The number of H-pyrrole nitrogens is 1. The number of fused-ring (bicyclic) bond motifs is 1. The van der Waals surface area contributed by atoms with Crippen LogP contribution >= 0.6 is 0 Å². The van der Waals surface area contributed by atoms with Gasteiger partial charge in [0.05, 0.1) is 6.42 Å². The Morgan fingerprint density at radius 1 is 1.10 bits per heavy atom. The molecule has 30 heavy (non-hydrogen) atoms. The van der Waals surface area contributed by atoms with Crippen molar-refractivity contribution < 1.29 is 29.4 Å². The SMILES string of the molecule is CC(=O)N1CCN(C(C(=O)O)c2c[nH]c3ccc(NC(=O)CCC(=O)O)cc23)CC1. The Morgan fingerprint density at radius 3 is 2.40 bits per heavy atom. The minimum atomic E-state index is -1.05. The van der Waals surface area contributed by atoms with Crippen LogP contribution in [0.5, 0.6) is 0 Å². The minimum Gasteiger partial charge on any atom is -0.481 e. The van der Waals surface area contributed by atoms with E-state index in [4.69, 9.17) is 5.11 Å². The zero-order chi connectivity index (χ0) is 21.8. The second-order valence-electron chi connectivity index (χ2n) is 7.23. The van der Waals surface area contributed by atoms with Crippen LogP contribution in [-0.4, -0.2) is 74.9 Å². The van der Waals surface area contributed by atoms with Crippen molar-refractivity contribution >= 4 is 40.3 Å². The molecule has 2 amide bonds. The molecule has 1 atom stereocenters. The number of aromatic amines is 1. The molecule has 1 saturated heterocycles. The highest BCUT2D eigenvalue weighted by Crippen LogP contribution is 2.31. The first-order chi connectivity index (χ1) is 14.3. The van der Waals surface area contributed by atoms with Gasteiger partial charge in [0.15, 0.2) is 0 Å². The topological polar surface area (TPSA) is 143 Å². The Balaban J connectivity index is 1.83. The largest absolute Gasteiger partial charge is 0.481 e. The zero-order valence-corrected chi connectivity index (χ0v) is 16.6. The molecule has 0 spiro atoms. The number of aromatic nitrogens is 1. The molecule has 1 aliphatic rings. The molecule has 4 N–H and O–H groups in total. The van der Waals surface area contributed by atoms with Gasteiger partial charge in [-0.05, 0) is 18.2 Å². The number of nitrogens with one attached hydrogen (secondary N) is 2. The Morgan fingerprint density at radius 2 is 1.80 bits per heavy atom. The summed E-state index contributed by atoms with van der Waals surface area (Å²) in [7, 11) is 0. The molecule has 10 nitrogen and oxygen atoms in total. The fourth-order valence-electron chi connectivity index (χ4n) is 3.67. The number of carboxylic acid groups (broad SMARTS) is 2. The molecule has 0 saturated carbocycles. The first-order valence-electron chi connectivity index (χ1n) is 9.61. The number of carbonyl (C=O) groups excluding carboxylic acids is 2. The number of hydrogen-bond donors (Lipinski definition) is 4. The number of piperazine rings is 1. The van der Waals surface area contributed by atoms with Gasteiger partial charge >= 0.3 is 11.9 Å². The van der Waals surface area contributed by atoms with Crippen molar-refractivity contribution in [3.63, 3.8) is 0 Å². The maximum atomic E-state index is 12.1. The maximum absolute atomic E-state index is 12.1. The van der Waals surface area contributed by atoms with E-state index in [2.05, 4.69) is 10.3 Å². The van der Waals surface area contributed by atoms with E-state index in [1.165, 1.54) is 6.92 Å². The highest BCUT2D eigenvalue weighted by atomic mass is 16.4. The van der Waals surface area contributed by atoms with Crippen LogP contribution < -0.4 is 5.32 Å². The number of rotatable bonds is 7. The van der Waals surface area contributed by atoms with E-state index in [1.807, 2.05) is 4.90 Å². The first kappa shape index (κ1) is 21.3. The van der Waals surface area contributed by atoms with Crippen LogP contribution in [0.4, 0.5) is 5.69 Å². The summed E-state index contributed by atoms with van der Waals surface area (Å²) in [5, 5.41) is 21.9. The number of benzene rings is 1. The summed E-state index contributed by atoms with van der Waals surface area (Å²) in [6, 6.07) is 4.19. The van der Waals surface area contributed by atoms with E-state index >= 15 is 0 Å². The molecule has 3 rings (SSSR count). The quantitative estimate of drug-likeness (QED) is 0.532. The maximum Gasteiger partial charge on any atom is 0.325 e. The van der Waals surface area contributed by atoms with Gasteiger partial charge in [-0.25, -0.2) is 0 Å². The summed E-state index contributed by atoms with van der Waals surface area (Å²) in [6.45, 7) is 3.30. The van der Waals surface area contributed by atoms with Crippen LogP contribution in [0.15, 0.2) is 24.4 Å². The molecule has 2 aromatic rings. The molecular weight excluding hydrogens is 392 g/mol. The van der Waals surface area contributed by atoms with Gasteiger partial charge in [0.1, 0.15) is 6.04 Å². The van der Waals surface area contributed by atoms with Gasteiger partial charge in [-0.1, -0.05) is 0 Å². The summed E-state index contributed by atoms with van der Waals surface area (Å²) in [5.41, 5.74) is 1.75. The lowest BCUT2D eigenvalue weighted by molar-refractivity contribution is -0.145. The molecule has 1 aromatic heterocycles. The Kier molecular flexibility index (Phi) is 6.36. The third kappa shape index (κ3) is 4.77. The highest BCUT2D eigenvalue weighted by molar-refractivity contribution is 5.96. The van der Waals surface area contributed by atoms with Crippen molar-refractivity contribution in [1.82, 2.24) is 14.8 Å². The molecule has 0 aliphatic carbocycles. The van der Waals surface area contributed by atoms with Crippen LogP contribution in [0, 0.1) is 0 Å². The highest BCUT2D eigenvalue weighted by Gasteiger charge is 2.32. The van der Waals surface area contributed by atoms with Crippen LogP contribution in [0.1, 0.15) is 31.4 Å².